The molecule has 6 unspecified atom stereocenters. The maximum Gasteiger partial charge on any atom is 0.0833 e. The molecule has 3 rings (SSSR count). The van der Waals surface area contributed by atoms with Crippen LogP contribution in [-0.2, 0) is 9.47 Å². The van der Waals surface area contributed by atoms with E-state index in [1.54, 1.807) is 7.11 Å². The number of nitrogens with one attached hydrogen (secondary N) is 1. The minimum atomic E-state index is -0.280. The van der Waals surface area contributed by atoms with Crippen LogP contribution in [-0.4, -0.2) is 78.8 Å². The van der Waals surface area contributed by atoms with Gasteiger partial charge in [0, 0.05) is 38.0 Å². The molecule has 128 valence electrons. The molecule has 3 fully saturated rings. The summed E-state index contributed by atoms with van der Waals surface area (Å²) >= 11 is 2.05. The lowest BCUT2D eigenvalue weighted by Crippen LogP contribution is -2.50. The van der Waals surface area contributed by atoms with E-state index in [1.165, 1.54) is 5.75 Å². The van der Waals surface area contributed by atoms with Crippen molar-refractivity contribution in [2.24, 2.45) is 5.92 Å². The van der Waals surface area contributed by atoms with Gasteiger partial charge in [-0.25, -0.2) is 0 Å². The van der Waals surface area contributed by atoms with Crippen molar-refractivity contribution >= 4 is 11.8 Å². The van der Waals surface area contributed by atoms with E-state index in [2.05, 4.69) is 28.9 Å². The van der Waals surface area contributed by atoms with E-state index < -0.39 is 0 Å². The molecule has 6 heteroatoms. The van der Waals surface area contributed by atoms with Gasteiger partial charge in [0.25, 0.3) is 0 Å². The number of methoxy groups -OCH3 is 1. The molecule has 1 saturated carbocycles. The number of aliphatic hydroxyl groups excluding tert-OH is 1. The van der Waals surface area contributed by atoms with Gasteiger partial charge in [-0.15, -0.1) is 11.8 Å². The smallest absolute Gasteiger partial charge is 0.0833 e. The number of thioether (sulfide) groups is 1. The van der Waals surface area contributed by atoms with Gasteiger partial charge in [0.05, 0.1) is 30.8 Å². The molecule has 0 spiro atoms. The largest absolute Gasteiger partial charge is 0.390 e. The number of ether oxygens (including phenoxy) is 2. The molecular formula is C16H30N2O3S. The van der Waals surface area contributed by atoms with Crippen molar-refractivity contribution in [1.29, 1.82) is 0 Å². The Morgan fingerprint density at radius 3 is 3.05 bits per heavy atom. The summed E-state index contributed by atoms with van der Waals surface area (Å²) in [4.78, 5) is 2.55. The van der Waals surface area contributed by atoms with Crippen LogP contribution < -0.4 is 5.32 Å². The quantitative estimate of drug-likeness (QED) is 0.799. The van der Waals surface area contributed by atoms with Gasteiger partial charge in [0.1, 0.15) is 0 Å². The molecule has 0 aromatic rings. The number of nitrogens with zero attached hydrogens (tertiary/aromatic N) is 1. The zero-order valence-electron chi connectivity index (χ0n) is 13.7. The molecule has 2 N–H and O–H groups in total. The Labute approximate surface area is 138 Å². The lowest BCUT2D eigenvalue weighted by Gasteiger charge is -2.36. The van der Waals surface area contributed by atoms with Crippen molar-refractivity contribution in [2.75, 3.05) is 39.2 Å². The minimum absolute atomic E-state index is 0.0134. The fourth-order valence-electron chi connectivity index (χ4n) is 3.91. The van der Waals surface area contributed by atoms with Gasteiger partial charge in [0.2, 0.25) is 0 Å². The molecule has 2 heterocycles. The van der Waals surface area contributed by atoms with Gasteiger partial charge >= 0.3 is 0 Å². The van der Waals surface area contributed by atoms with E-state index in [0.29, 0.717) is 23.4 Å². The molecule has 0 aromatic heterocycles. The third-order valence-corrected chi connectivity index (χ3v) is 6.84. The van der Waals surface area contributed by atoms with Crippen molar-refractivity contribution in [3.63, 3.8) is 0 Å². The summed E-state index contributed by atoms with van der Waals surface area (Å²) in [6, 6.07) is 1.10. The highest BCUT2D eigenvalue weighted by atomic mass is 32.2. The topological polar surface area (TPSA) is 54.0 Å². The monoisotopic (exact) mass is 330 g/mol. The van der Waals surface area contributed by atoms with Crippen LogP contribution in [0.1, 0.15) is 26.2 Å². The van der Waals surface area contributed by atoms with Gasteiger partial charge in [-0.3, -0.25) is 4.90 Å². The molecule has 22 heavy (non-hydrogen) atoms. The van der Waals surface area contributed by atoms with E-state index in [1.807, 2.05) is 0 Å². The molecule has 3 aliphatic rings. The summed E-state index contributed by atoms with van der Waals surface area (Å²) in [7, 11) is 1.72. The summed E-state index contributed by atoms with van der Waals surface area (Å²) in [5.41, 5.74) is 0. The lowest BCUT2D eigenvalue weighted by molar-refractivity contribution is -0.0516. The van der Waals surface area contributed by atoms with Crippen LogP contribution in [0.5, 0.6) is 0 Å². The van der Waals surface area contributed by atoms with Crippen LogP contribution in [0.2, 0.25) is 0 Å². The van der Waals surface area contributed by atoms with Crippen molar-refractivity contribution in [1.82, 2.24) is 10.2 Å². The van der Waals surface area contributed by atoms with E-state index in [0.717, 1.165) is 45.6 Å². The molecule has 2 aliphatic heterocycles. The second kappa shape index (κ2) is 7.81. The van der Waals surface area contributed by atoms with E-state index in [-0.39, 0.29) is 12.2 Å². The zero-order chi connectivity index (χ0) is 15.5. The van der Waals surface area contributed by atoms with Crippen molar-refractivity contribution < 1.29 is 14.6 Å². The average Bonchev–Trinajstić information content (AvgIpc) is 2.99. The molecule has 0 aromatic carbocycles. The van der Waals surface area contributed by atoms with Gasteiger partial charge in [-0.1, -0.05) is 0 Å². The summed E-state index contributed by atoms with van der Waals surface area (Å²) in [6.07, 6.45) is 2.68. The Morgan fingerprint density at radius 2 is 2.27 bits per heavy atom. The fourth-order valence-corrected chi connectivity index (χ4v) is 5.36. The minimum Gasteiger partial charge on any atom is -0.390 e. The van der Waals surface area contributed by atoms with Crippen molar-refractivity contribution in [3.8, 4) is 0 Å². The Hall–Kier alpha value is 0.150. The van der Waals surface area contributed by atoms with Crippen LogP contribution in [0.4, 0.5) is 0 Å². The zero-order valence-corrected chi connectivity index (χ0v) is 14.6. The third kappa shape index (κ3) is 3.97. The summed E-state index contributed by atoms with van der Waals surface area (Å²) in [5, 5.41) is 14.3. The van der Waals surface area contributed by atoms with Gasteiger partial charge < -0.3 is 19.9 Å². The van der Waals surface area contributed by atoms with E-state index in [9.17, 15) is 5.11 Å². The lowest BCUT2D eigenvalue weighted by atomic mass is 9.85. The molecule has 2 saturated heterocycles. The Kier molecular flexibility index (Phi) is 6.03. The number of morpholine rings is 1. The molecule has 5 nitrogen and oxygen atoms in total. The van der Waals surface area contributed by atoms with Crippen LogP contribution in [0.3, 0.4) is 0 Å². The maximum atomic E-state index is 9.96. The fraction of sp³-hybridized carbons (Fsp3) is 1.00. The average molecular weight is 330 g/mol. The van der Waals surface area contributed by atoms with Gasteiger partial charge in [-0.2, -0.15) is 0 Å². The summed E-state index contributed by atoms with van der Waals surface area (Å²) in [6.45, 7) is 6.15. The third-order valence-electron chi connectivity index (χ3n) is 5.37. The van der Waals surface area contributed by atoms with E-state index in [4.69, 9.17) is 9.47 Å². The highest BCUT2D eigenvalue weighted by molar-refractivity contribution is 8.00. The van der Waals surface area contributed by atoms with Gasteiger partial charge in [0.15, 0.2) is 0 Å². The number of hydrogen-bond donors (Lipinski definition) is 2. The molecule has 6 atom stereocenters. The molecule has 0 bridgehead atoms. The van der Waals surface area contributed by atoms with Gasteiger partial charge in [-0.05, 0) is 32.1 Å². The molecule has 1 aliphatic carbocycles. The second-order valence-electron chi connectivity index (χ2n) is 6.95. The Morgan fingerprint density at radius 1 is 1.41 bits per heavy atom. The maximum absolute atomic E-state index is 9.96. The Balaban J connectivity index is 1.47. The van der Waals surface area contributed by atoms with Crippen LogP contribution in [0.15, 0.2) is 0 Å². The highest BCUT2D eigenvalue weighted by Crippen LogP contribution is 2.36. The summed E-state index contributed by atoms with van der Waals surface area (Å²) < 4.78 is 11.0. The van der Waals surface area contributed by atoms with Crippen LogP contribution >= 0.6 is 11.8 Å². The normalized spacial score (nSPS) is 44.3. The molecule has 0 amide bonds. The Bertz CT molecular complexity index is 360. The van der Waals surface area contributed by atoms with Crippen molar-refractivity contribution in [2.45, 2.75) is 55.9 Å². The number of rotatable bonds is 4. The second-order valence-corrected chi connectivity index (χ2v) is 8.13. The first-order valence-electron chi connectivity index (χ1n) is 8.57. The SMILES string of the molecule is COC1CC(C2NC(CN3CCOCC3C)CS2)CCC1O. The first-order valence-corrected chi connectivity index (χ1v) is 9.62. The van der Waals surface area contributed by atoms with Crippen LogP contribution in [0.25, 0.3) is 0 Å². The highest BCUT2D eigenvalue weighted by Gasteiger charge is 2.38. The summed E-state index contributed by atoms with van der Waals surface area (Å²) in [5.74, 6) is 1.80. The van der Waals surface area contributed by atoms with E-state index >= 15 is 0 Å². The predicted molar refractivity (Wildman–Crippen MR) is 89.2 cm³/mol. The first kappa shape index (κ1) is 17.0. The first-order chi connectivity index (χ1) is 10.7. The number of aliphatic hydroxyl groups is 1. The van der Waals surface area contributed by atoms with Crippen LogP contribution in [0, 0.1) is 5.92 Å². The molecular weight excluding hydrogens is 300 g/mol. The standard InChI is InChI=1S/C16H30N2O3S/c1-11-9-21-6-5-18(11)8-13-10-22-16(17-13)12-3-4-14(19)15(7-12)20-2/h11-17,19H,3-10H2,1-2H3. The van der Waals surface area contributed by atoms with Crippen molar-refractivity contribution in [3.05, 3.63) is 0 Å². The number of hydrogen-bond acceptors (Lipinski definition) is 6. The molecule has 0 radical (unpaired) electrons. The predicted octanol–water partition coefficient (Wildman–Crippen LogP) is 0.914.